The van der Waals surface area contributed by atoms with Crippen molar-refractivity contribution in [1.29, 1.82) is 0 Å². The van der Waals surface area contributed by atoms with Crippen LogP contribution in [0.5, 0.6) is 0 Å². The van der Waals surface area contributed by atoms with E-state index in [1.54, 1.807) is 74.4 Å². The van der Waals surface area contributed by atoms with E-state index in [1.807, 2.05) is 401 Å². The molecule has 20 aromatic rings. The molecule has 0 radical (unpaired) electrons. The van der Waals surface area contributed by atoms with Gasteiger partial charge in [0.1, 0.15) is 11.6 Å². The van der Waals surface area contributed by atoms with Crippen molar-refractivity contribution in [2.24, 2.45) is 14.1 Å². The molecule has 0 atom stereocenters. The van der Waals surface area contributed by atoms with Gasteiger partial charge in [-0.2, -0.15) is 0 Å². The maximum atomic E-state index is 4.38. The number of fused-ring (bicyclic) bond motifs is 10. The number of nitrogens with zero attached hydrogens (tertiary/aromatic N) is 21. The van der Waals surface area contributed by atoms with Crippen LogP contribution in [0.15, 0.2) is 282 Å². The second-order valence-electron chi connectivity index (χ2n) is 25.7. The summed E-state index contributed by atoms with van der Waals surface area (Å²) in [6, 6.07) is 45.8. The summed E-state index contributed by atoms with van der Waals surface area (Å²) in [6.07, 6.45) is 41.8. The molecule has 0 amide bonds. The summed E-state index contributed by atoms with van der Waals surface area (Å²) in [7, 11) is 4.06. The predicted molar refractivity (Wildman–Crippen MR) is 557 cm³/mol. The molecule has 20 rings (SSSR count). The molecular formula is C109H145N21. The van der Waals surface area contributed by atoms with Crippen molar-refractivity contribution >= 4 is 104 Å². The lowest BCUT2D eigenvalue weighted by Gasteiger charge is -1.97. The minimum Gasteiger partial charge on any atom is -0.331 e. The Labute approximate surface area is 775 Å². The number of para-hydroxylation sites is 4. The quantitative estimate of drug-likeness (QED) is 0.137. The summed E-state index contributed by atoms with van der Waals surface area (Å²) < 4.78 is 6.17. The minimum atomic E-state index is 0.780. The van der Waals surface area contributed by atoms with E-state index in [1.165, 1.54) is 60.6 Å². The fourth-order valence-electron chi connectivity index (χ4n) is 11.6. The van der Waals surface area contributed by atoms with Gasteiger partial charge in [0.15, 0.2) is 5.65 Å². The van der Waals surface area contributed by atoms with E-state index in [0.29, 0.717) is 0 Å². The third-order valence-corrected chi connectivity index (χ3v) is 18.1. The molecule has 0 aliphatic carbocycles. The maximum Gasteiger partial charge on any atom is 0.234 e. The molecule has 0 N–H and O–H groups in total. The Hall–Kier alpha value is -14.1. The summed E-state index contributed by atoms with van der Waals surface area (Å²) in [5.74, 6) is 2.90. The predicted octanol–water partition coefficient (Wildman–Crippen LogP) is 28.9. The van der Waals surface area contributed by atoms with Gasteiger partial charge >= 0.3 is 0 Å². The summed E-state index contributed by atoms with van der Waals surface area (Å²) in [5.41, 5.74) is 20.9. The van der Waals surface area contributed by atoms with Gasteiger partial charge in [-0.05, 0) is 236 Å². The molecule has 18 heterocycles. The average Bonchev–Trinajstić information content (AvgIpc) is 1.68. The van der Waals surface area contributed by atoms with Crippen LogP contribution >= 0.6 is 0 Å². The fourth-order valence-corrected chi connectivity index (χ4v) is 11.6. The van der Waals surface area contributed by atoms with Crippen LogP contribution in [0.2, 0.25) is 0 Å². The van der Waals surface area contributed by atoms with Crippen LogP contribution in [0, 0.1) is 76.2 Å². The first-order chi connectivity index (χ1) is 63.5. The summed E-state index contributed by atoms with van der Waals surface area (Å²) >= 11 is 0. The molecule has 686 valence electrons. The van der Waals surface area contributed by atoms with E-state index >= 15 is 0 Å². The molecule has 21 heteroatoms. The van der Waals surface area contributed by atoms with Crippen LogP contribution in [0.4, 0.5) is 0 Å². The number of imidazole rings is 3. The largest absolute Gasteiger partial charge is 0.331 e. The second kappa shape index (κ2) is 67.2. The van der Waals surface area contributed by atoms with Gasteiger partial charge in [-0.15, -0.1) is 0 Å². The number of aryl methyl sites for hydroxylation is 13. The lowest BCUT2D eigenvalue weighted by atomic mass is 10.1. The van der Waals surface area contributed by atoms with Crippen molar-refractivity contribution in [2.75, 3.05) is 0 Å². The molecule has 21 nitrogen and oxygen atoms in total. The van der Waals surface area contributed by atoms with E-state index in [0.717, 1.165) is 106 Å². The smallest absolute Gasteiger partial charge is 0.234 e. The van der Waals surface area contributed by atoms with E-state index in [4.69, 9.17) is 0 Å². The van der Waals surface area contributed by atoms with Gasteiger partial charge in [0.05, 0.1) is 61.5 Å². The van der Waals surface area contributed by atoms with Crippen LogP contribution in [0.3, 0.4) is 0 Å². The van der Waals surface area contributed by atoms with E-state index < -0.39 is 0 Å². The lowest BCUT2D eigenvalue weighted by Crippen LogP contribution is -1.89. The zero-order valence-electron chi connectivity index (χ0n) is 83.9. The molecule has 130 heavy (non-hydrogen) atoms. The molecule has 18 aromatic heterocycles. The minimum absolute atomic E-state index is 0.780. The zero-order valence-corrected chi connectivity index (χ0v) is 83.9. The number of rotatable bonds is 0. The van der Waals surface area contributed by atoms with Gasteiger partial charge in [0, 0.05) is 194 Å². The number of hydrogen-bond acceptors (Lipinski definition) is 18. The summed E-state index contributed by atoms with van der Waals surface area (Å²) in [6.45, 7) is 62.4. The van der Waals surface area contributed by atoms with Crippen molar-refractivity contribution in [3.63, 3.8) is 0 Å². The highest BCUT2D eigenvalue weighted by Gasteiger charge is 2.06. The lowest BCUT2D eigenvalue weighted by molar-refractivity contribution is 0.886. The van der Waals surface area contributed by atoms with Gasteiger partial charge in [0.2, 0.25) is 5.78 Å². The number of benzene rings is 2. The van der Waals surface area contributed by atoms with Gasteiger partial charge in [-0.1, -0.05) is 163 Å². The third-order valence-electron chi connectivity index (χ3n) is 18.1. The molecule has 0 saturated carbocycles. The number of hydrogen-bond donors (Lipinski definition) is 0. The molecule has 0 fully saturated rings. The number of aromatic nitrogens is 21. The fraction of sp³-hybridized carbons (Fsp3) is 0.303. The first-order valence-electron chi connectivity index (χ1n) is 45.6. The van der Waals surface area contributed by atoms with Gasteiger partial charge in [-0.25, -0.2) is 29.9 Å². The molecule has 2 aromatic carbocycles. The molecule has 0 spiro atoms. The highest BCUT2D eigenvalue weighted by molar-refractivity contribution is 5.86. The van der Waals surface area contributed by atoms with E-state index in [9.17, 15) is 0 Å². The molecule has 0 aliphatic rings. The maximum absolute atomic E-state index is 4.38. The van der Waals surface area contributed by atoms with Gasteiger partial charge in [0.25, 0.3) is 0 Å². The van der Waals surface area contributed by atoms with Crippen LogP contribution in [-0.2, 0) is 14.1 Å². The van der Waals surface area contributed by atoms with Crippen molar-refractivity contribution < 1.29 is 0 Å². The van der Waals surface area contributed by atoms with Crippen LogP contribution < -0.4 is 0 Å². The van der Waals surface area contributed by atoms with E-state index in [-0.39, 0.29) is 0 Å². The van der Waals surface area contributed by atoms with Crippen molar-refractivity contribution in [2.45, 2.75) is 215 Å². The first-order valence-corrected chi connectivity index (χ1v) is 45.6. The van der Waals surface area contributed by atoms with Crippen LogP contribution in [0.1, 0.15) is 200 Å². The van der Waals surface area contributed by atoms with Crippen molar-refractivity contribution in [3.05, 3.63) is 344 Å². The third kappa shape index (κ3) is 35.6. The Morgan fingerprint density at radius 2 is 0.631 bits per heavy atom. The summed E-state index contributed by atoms with van der Waals surface area (Å²) in [4.78, 5) is 74.7. The molecule has 0 saturated heterocycles. The molecule has 0 aliphatic heterocycles. The summed E-state index contributed by atoms with van der Waals surface area (Å²) in [5, 5.41) is 9.23. The topological polar surface area (TPSA) is 246 Å². The molecule has 0 bridgehead atoms. The van der Waals surface area contributed by atoms with Crippen molar-refractivity contribution in [1.82, 2.24) is 103 Å². The highest BCUT2D eigenvalue weighted by atomic mass is 15.1. The Morgan fingerprint density at radius 1 is 0.223 bits per heavy atom. The van der Waals surface area contributed by atoms with Gasteiger partial charge in [-0.3, -0.25) is 64.2 Å². The molecule has 0 unspecified atom stereocenters. The average molecular weight is 1750 g/mol. The normalized spacial score (nSPS) is 9.27. The second-order valence-corrected chi connectivity index (χ2v) is 25.7. The highest BCUT2D eigenvalue weighted by Crippen LogP contribution is 2.20. The Kier molecular flexibility index (Phi) is 58.9. The Morgan fingerprint density at radius 3 is 1.16 bits per heavy atom. The first kappa shape index (κ1) is 114. The van der Waals surface area contributed by atoms with Crippen LogP contribution in [0.25, 0.3) is 104 Å². The SMILES string of the molecule is CC.CC.CC.CC.CC.CC.CC.CC.CC.CC.Cc1ccnc2cccnc12.Cc1ccnc2ccncc12.Cc1ccnc2cnccc12.Cc1ccnc2ncccc12.Cc1cncc2cccnc12.Cc1cncc2ccncc12.Cc1cncc2cnccc12.Cc1nc2ccccc2n1C.Cc1nc2ccccc2n1C.Cc1nc2ncccn2c1C. The van der Waals surface area contributed by atoms with E-state index in [2.05, 4.69) is 139 Å². The Balaban J connectivity index is 0.000000706. The standard InChI is InChI=1S/2C9H10N2.7C9H8N2.C8H9N3.10C2H6/c2*1-7-10-8-5-3-4-6-9(8)11(7)2;1-7-2-5-11-9-3-4-10-6-8(7)9;1-7-2-5-11-9-6-10-4-3-8(7)9;1-7-4-11-6-8-5-10-3-2-9(7)8;1-7-4-11-5-8-2-3-10-6-9(7)8;1-7-4-6-10-8-3-2-5-11-9(7)8;1-7-4-6-11-9-8(7)3-2-5-10-9;1-7-5-10-6-8-3-2-4-11-9(7)8;1-6-7(2)11-5-3-4-9-8(11)10-6;10*1-2/h2*3-6H,1-2H3;7*2-6H,1H3;3-5H,1-2H3;10*1-2H3. The number of pyridine rings is 14. The van der Waals surface area contributed by atoms with Gasteiger partial charge < -0.3 is 9.13 Å². The van der Waals surface area contributed by atoms with Crippen molar-refractivity contribution in [3.8, 4) is 0 Å². The Bertz CT molecular complexity index is 5440. The monoisotopic (exact) mass is 1750 g/mol. The van der Waals surface area contributed by atoms with Crippen LogP contribution in [-0.4, -0.2) is 103 Å². The zero-order chi connectivity index (χ0) is 97.3. The molecular weight excluding hydrogens is 1600 g/mol.